The summed E-state index contributed by atoms with van der Waals surface area (Å²) in [4.78, 5) is 13.7. The molecule has 104 valence electrons. The Morgan fingerprint density at radius 2 is 2.00 bits per heavy atom. The number of benzene rings is 1. The van der Waals surface area contributed by atoms with Crippen LogP contribution in [0.3, 0.4) is 0 Å². The molecule has 3 nitrogen and oxygen atoms in total. The minimum Gasteiger partial charge on any atom is -0.335 e. The van der Waals surface area contributed by atoms with Crippen LogP contribution >= 0.6 is 0 Å². The average Bonchev–Trinajstić information content (AvgIpc) is 2.60. The van der Waals surface area contributed by atoms with Crippen LogP contribution in [0.15, 0.2) is 12.1 Å². The molecule has 2 rings (SSSR count). The highest BCUT2D eigenvalue weighted by Crippen LogP contribution is 2.19. The highest BCUT2D eigenvalue weighted by Gasteiger charge is 2.27. The van der Waals surface area contributed by atoms with Crippen molar-refractivity contribution >= 4 is 5.91 Å². The molecule has 1 saturated heterocycles. The molecule has 0 aromatic heterocycles. The number of hydrogen-bond acceptors (Lipinski definition) is 2. The Balaban J connectivity index is 2.30. The minimum absolute atomic E-state index is 0.0741. The summed E-state index contributed by atoms with van der Waals surface area (Å²) in [6, 6.07) is 1.68. The second-order valence-electron chi connectivity index (χ2n) is 4.61. The van der Waals surface area contributed by atoms with Crippen molar-refractivity contribution < 1.29 is 18.0 Å². The van der Waals surface area contributed by atoms with Crippen molar-refractivity contribution in [2.45, 2.75) is 19.4 Å². The van der Waals surface area contributed by atoms with Crippen LogP contribution in [0.1, 0.15) is 23.7 Å². The van der Waals surface area contributed by atoms with Gasteiger partial charge in [-0.15, -0.1) is 0 Å². The highest BCUT2D eigenvalue weighted by atomic mass is 19.2. The van der Waals surface area contributed by atoms with Gasteiger partial charge in [0.25, 0.3) is 5.91 Å². The van der Waals surface area contributed by atoms with E-state index < -0.39 is 28.9 Å². The SMILES string of the molecule is CC1CCNCCN1C(=O)c1ccc(F)c(F)c1F. The van der Waals surface area contributed by atoms with E-state index in [1.165, 1.54) is 4.90 Å². The molecule has 0 bridgehead atoms. The Bertz CT molecular complexity index is 493. The van der Waals surface area contributed by atoms with Crippen LogP contribution in [0.2, 0.25) is 0 Å². The summed E-state index contributed by atoms with van der Waals surface area (Å²) < 4.78 is 39.6. The van der Waals surface area contributed by atoms with E-state index in [4.69, 9.17) is 0 Å². The lowest BCUT2D eigenvalue weighted by Crippen LogP contribution is -2.40. The Morgan fingerprint density at radius 3 is 2.74 bits per heavy atom. The van der Waals surface area contributed by atoms with Crippen molar-refractivity contribution in [3.8, 4) is 0 Å². The average molecular weight is 272 g/mol. The van der Waals surface area contributed by atoms with E-state index in [1.54, 1.807) is 0 Å². The molecule has 1 amide bonds. The Morgan fingerprint density at radius 1 is 1.26 bits per heavy atom. The van der Waals surface area contributed by atoms with Gasteiger partial charge in [0.15, 0.2) is 17.5 Å². The Kier molecular flexibility index (Phi) is 4.09. The maximum atomic E-state index is 13.6. The van der Waals surface area contributed by atoms with Gasteiger partial charge >= 0.3 is 0 Å². The van der Waals surface area contributed by atoms with Crippen LogP contribution in [-0.2, 0) is 0 Å². The van der Waals surface area contributed by atoms with Crippen LogP contribution in [0.4, 0.5) is 13.2 Å². The molecule has 1 heterocycles. The molecule has 1 N–H and O–H groups in total. The number of amides is 1. The molecule has 1 fully saturated rings. The predicted octanol–water partition coefficient (Wildman–Crippen LogP) is 1.93. The number of nitrogens with zero attached hydrogens (tertiary/aromatic N) is 1. The summed E-state index contributed by atoms with van der Waals surface area (Å²) in [5.41, 5.74) is -0.423. The van der Waals surface area contributed by atoms with E-state index in [-0.39, 0.29) is 6.04 Å². The summed E-state index contributed by atoms with van der Waals surface area (Å²) >= 11 is 0. The van der Waals surface area contributed by atoms with Crippen LogP contribution in [0.5, 0.6) is 0 Å². The molecule has 19 heavy (non-hydrogen) atoms. The molecule has 1 aromatic carbocycles. The van der Waals surface area contributed by atoms with E-state index in [2.05, 4.69) is 5.32 Å². The van der Waals surface area contributed by atoms with Crippen molar-refractivity contribution in [1.82, 2.24) is 10.2 Å². The van der Waals surface area contributed by atoms with Crippen LogP contribution < -0.4 is 5.32 Å². The molecule has 0 aliphatic carbocycles. The first-order chi connectivity index (χ1) is 9.02. The van der Waals surface area contributed by atoms with Gasteiger partial charge in [0.05, 0.1) is 5.56 Å². The molecule has 1 aliphatic rings. The zero-order valence-electron chi connectivity index (χ0n) is 10.5. The number of carbonyl (C=O) groups is 1. The van der Waals surface area contributed by atoms with E-state index in [0.717, 1.165) is 25.1 Å². The first kappa shape index (κ1) is 13.9. The molecule has 1 aliphatic heterocycles. The lowest BCUT2D eigenvalue weighted by Gasteiger charge is -2.27. The lowest BCUT2D eigenvalue weighted by molar-refractivity contribution is 0.0698. The van der Waals surface area contributed by atoms with E-state index in [1.807, 2.05) is 6.92 Å². The summed E-state index contributed by atoms with van der Waals surface area (Å²) in [7, 11) is 0. The quantitative estimate of drug-likeness (QED) is 0.792. The topological polar surface area (TPSA) is 32.3 Å². The molecule has 0 saturated carbocycles. The number of nitrogens with one attached hydrogen (secondary N) is 1. The van der Waals surface area contributed by atoms with Gasteiger partial charge in [0.2, 0.25) is 0 Å². The lowest BCUT2D eigenvalue weighted by atomic mass is 10.1. The fraction of sp³-hybridized carbons (Fsp3) is 0.462. The standard InChI is InChI=1S/C13H15F3N2O/c1-8-4-5-17-6-7-18(8)13(19)9-2-3-10(14)12(16)11(9)15/h2-3,8,17H,4-7H2,1H3. The molecule has 6 heteroatoms. The van der Waals surface area contributed by atoms with Gasteiger partial charge in [-0.25, -0.2) is 13.2 Å². The first-order valence-electron chi connectivity index (χ1n) is 6.17. The maximum absolute atomic E-state index is 13.6. The molecule has 0 spiro atoms. The smallest absolute Gasteiger partial charge is 0.257 e. The number of rotatable bonds is 1. The van der Waals surface area contributed by atoms with Crippen molar-refractivity contribution in [3.63, 3.8) is 0 Å². The van der Waals surface area contributed by atoms with E-state index >= 15 is 0 Å². The molecule has 1 atom stereocenters. The Labute approximate surface area is 109 Å². The van der Waals surface area contributed by atoms with Crippen molar-refractivity contribution in [2.75, 3.05) is 19.6 Å². The summed E-state index contributed by atoms with van der Waals surface area (Å²) in [6.45, 7) is 3.63. The van der Waals surface area contributed by atoms with Gasteiger partial charge in [-0.3, -0.25) is 4.79 Å². The normalized spacial score (nSPS) is 20.2. The van der Waals surface area contributed by atoms with E-state index in [0.29, 0.717) is 13.1 Å². The van der Waals surface area contributed by atoms with E-state index in [9.17, 15) is 18.0 Å². The third-order valence-electron chi connectivity index (χ3n) is 3.33. The molecule has 1 unspecified atom stereocenters. The number of halogens is 3. The summed E-state index contributed by atoms with van der Waals surface area (Å²) in [5, 5.41) is 3.13. The third kappa shape index (κ3) is 2.73. The summed E-state index contributed by atoms with van der Waals surface area (Å²) in [5.74, 6) is -4.92. The van der Waals surface area contributed by atoms with Gasteiger partial charge < -0.3 is 10.2 Å². The monoisotopic (exact) mass is 272 g/mol. The zero-order chi connectivity index (χ0) is 14.0. The van der Waals surface area contributed by atoms with Crippen LogP contribution in [0, 0.1) is 17.5 Å². The molecular weight excluding hydrogens is 257 g/mol. The largest absolute Gasteiger partial charge is 0.335 e. The highest BCUT2D eigenvalue weighted by molar-refractivity contribution is 5.94. The number of hydrogen-bond donors (Lipinski definition) is 1. The van der Waals surface area contributed by atoms with Gasteiger partial charge in [0.1, 0.15) is 0 Å². The van der Waals surface area contributed by atoms with Gasteiger partial charge in [-0.1, -0.05) is 0 Å². The zero-order valence-corrected chi connectivity index (χ0v) is 10.5. The maximum Gasteiger partial charge on any atom is 0.257 e. The fourth-order valence-electron chi connectivity index (χ4n) is 2.16. The first-order valence-corrected chi connectivity index (χ1v) is 6.17. The second kappa shape index (κ2) is 5.61. The Hall–Kier alpha value is -1.56. The van der Waals surface area contributed by atoms with Crippen molar-refractivity contribution in [3.05, 3.63) is 35.1 Å². The second-order valence-corrected chi connectivity index (χ2v) is 4.61. The van der Waals surface area contributed by atoms with Crippen LogP contribution in [-0.4, -0.2) is 36.5 Å². The van der Waals surface area contributed by atoms with Crippen molar-refractivity contribution in [1.29, 1.82) is 0 Å². The molecule has 0 radical (unpaired) electrons. The number of carbonyl (C=O) groups excluding carboxylic acids is 1. The molecule has 1 aromatic rings. The van der Waals surface area contributed by atoms with Gasteiger partial charge in [-0.2, -0.15) is 0 Å². The molecular formula is C13H15F3N2O. The van der Waals surface area contributed by atoms with Gasteiger partial charge in [-0.05, 0) is 32.0 Å². The third-order valence-corrected chi connectivity index (χ3v) is 3.33. The van der Waals surface area contributed by atoms with Gasteiger partial charge in [0, 0.05) is 19.1 Å². The predicted molar refractivity (Wildman–Crippen MR) is 64.3 cm³/mol. The van der Waals surface area contributed by atoms with Crippen LogP contribution in [0.25, 0.3) is 0 Å². The minimum atomic E-state index is -1.61. The summed E-state index contributed by atoms with van der Waals surface area (Å²) in [6.07, 6.45) is 0.733. The fourth-order valence-corrected chi connectivity index (χ4v) is 2.16. The van der Waals surface area contributed by atoms with Crippen molar-refractivity contribution in [2.24, 2.45) is 0 Å².